The molecule has 1 aliphatic heterocycles. The van der Waals surface area contributed by atoms with Crippen LogP contribution in [-0.2, 0) is 0 Å². The minimum Gasteiger partial charge on any atom is -0.309 e. The first kappa shape index (κ1) is 8.97. The van der Waals surface area contributed by atoms with E-state index in [-0.39, 0.29) is 0 Å². The van der Waals surface area contributed by atoms with Crippen molar-refractivity contribution < 1.29 is 0 Å². The van der Waals surface area contributed by atoms with Gasteiger partial charge in [0.2, 0.25) is 0 Å². The van der Waals surface area contributed by atoms with E-state index in [1.165, 1.54) is 19.3 Å². The molecular formula is C10H13ClN2. The van der Waals surface area contributed by atoms with E-state index >= 15 is 0 Å². The van der Waals surface area contributed by atoms with E-state index in [1.54, 1.807) is 6.20 Å². The van der Waals surface area contributed by atoms with Crippen LogP contribution in [0.4, 0.5) is 0 Å². The summed E-state index contributed by atoms with van der Waals surface area (Å²) in [6.45, 7) is 1.10. The van der Waals surface area contributed by atoms with Gasteiger partial charge in [-0.05, 0) is 31.5 Å². The minimum absolute atomic E-state index is 0.410. The Morgan fingerprint density at radius 3 is 3.08 bits per heavy atom. The van der Waals surface area contributed by atoms with Gasteiger partial charge in [0, 0.05) is 17.3 Å². The van der Waals surface area contributed by atoms with Crippen LogP contribution in [0.5, 0.6) is 0 Å². The first-order valence-electron chi connectivity index (χ1n) is 4.71. The van der Waals surface area contributed by atoms with Gasteiger partial charge in [0.1, 0.15) is 0 Å². The largest absolute Gasteiger partial charge is 0.309 e. The van der Waals surface area contributed by atoms with Crippen LogP contribution in [0.1, 0.15) is 31.0 Å². The quantitative estimate of drug-likeness (QED) is 0.747. The molecule has 2 heterocycles. The molecule has 0 spiro atoms. The third kappa shape index (κ3) is 2.20. The van der Waals surface area contributed by atoms with Gasteiger partial charge >= 0.3 is 0 Å². The minimum atomic E-state index is 0.410. The topological polar surface area (TPSA) is 24.9 Å². The van der Waals surface area contributed by atoms with Crippen molar-refractivity contribution >= 4 is 11.6 Å². The number of rotatable bonds is 1. The van der Waals surface area contributed by atoms with Crippen LogP contribution in [0, 0.1) is 0 Å². The van der Waals surface area contributed by atoms with Gasteiger partial charge in [0.05, 0.1) is 5.69 Å². The molecule has 13 heavy (non-hydrogen) atoms. The molecule has 1 aromatic heterocycles. The molecule has 70 valence electrons. The number of nitrogens with one attached hydrogen (secondary N) is 1. The molecule has 0 radical (unpaired) electrons. The summed E-state index contributed by atoms with van der Waals surface area (Å²) in [5.41, 5.74) is 1.08. The fraction of sp³-hybridized carbons (Fsp3) is 0.500. The van der Waals surface area contributed by atoms with E-state index in [0.717, 1.165) is 17.3 Å². The number of halogens is 1. The number of piperidine rings is 1. The Hall–Kier alpha value is -0.600. The lowest BCUT2D eigenvalue weighted by atomic mass is 10.0. The Labute approximate surface area is 83.3 Å². The Morgan fingerprint density at radius 2 is 2.38 bits per heavy atom. The van der Waals surface area contributed by atoms with Gasteiger partial charge in [0.15, 0.2) is 0 Å². The predicted octanol–water partition coefficient (Wildman–Crippen LogP) is 2.55. The fourth-order valence-electron chi connectivity index (χ4n) is 1.72. The van der Waals surface area contributed by atoms with Crippen molar-refractivity contribution in [3.63, 3.8) is 0 Å². The third-order valence-electron chi connectivity index (χ3n) is 2.41. The SMILES string of the molecule is Clc1ccnc(C2CCCCN2)c1. The van der Waals surface area contributed by atoms with Crippen molar-refractivity contribution in [3.8, 4) is 0 Å². The van der Waals surface area contributed by atoms with Crippen molar-refractivity contribution in [3.05, 3.63) is 29.0 Å². The van der Waals surface area contributed by atoms with Gasteiger partial charge in [0.25, 0.3) is 0 Å². The van der Waals surface area contributed by atoms with Crippen LogP contribution in [0.15, 0.2) is 18.3 Å². The zero-order chi connectivity index (χ0) is 9.10. The van der Waals surface area contributed by atoms with Crippen molar-refractivity contribution in [1.82, 2.24) is 10.3 Å². The highest BCUT2D eigenvalue weighted by Gasteiger charge is 2.15. The zero-order valence-electron chi connectivity index (χ0n) is 7.46. The lowest BCUT2D eigenvalue weighted by molar-refractivity contribution is 0.405. The third-order valence-corrected chi connectivity index (χ3v) is 2.65. The maximum atomic E-state index is 5.90. The van der Waals surface area contributed by atoms with E-state index in [0.29, 0.717) is 6.04 Å². The molecule has 1 unspecified atom stereocenters. The number of pyridine rings is 1. The Bertz CT molecular complexity index is 282. The van der Waals surface area contributed by atoms with Crippen molar-refractivity contribution in [1.29, 1.82) is 0 Å². The maximum Gasteiger partial charge on any atom is 0.0587 e. The smallest absolute Gasteiger partial charge is 0.0587 e. The summed E-state index contributed by atoms with van der Waals surface area (Å²) in [6.07, 6.45) is 5.50. The van der Waals surface area contributed by atoms with Crippen molar-refractivity contribution in [2.75, 3.05) is 6.54 Å². The molecular weight excluding hydrogens is 184 g/mol. The van der Waals surface area contributed by atoms with Gasteiger partial charge < -0.3 is 5.32 Å². The van der Waals surface area contributed by atoms with Crippen molar-refractivity contribution in [2.24, 2.45) is 0 Å². The predicted molar refractivity (Wildman–Crippen MR) is 53.8 cm³/mol. The molecule has 0 amide bonds. The van der Waals surface area contributed by atoms with Crippen LogP contribution in [0.3, 0.4) is 0 Å². The second-order valence-electron chi connectivity index (χ2n) is 3.40. The summed E-state index contributed by atoms with van der Waals surface area (Å²) in [4.78, 5) is 4.32. The van der Waals surface area contributed by atoms with Gasteiger partial charge in [-0.25, -0.2) is 0 Å². The fourth-order valence-corrected chi connectivity index (χ4v) is 1.88. The van der Waals surface area contributed by atoms with Crippen LogP contribution in [-0.4, -0.2) is 11.5 Å². The highest BCUT2D eigenvalue weighted by molar-refractivity contribution is 6.30. The van der Waals surface area contributed by atoms with E-state index in [9.17, 15) is 0 Å². The lowest BCUT2D eigenvalue weighted by Gasteiger charge is -2.22. The normalized spacial score (nSPS) is 23.0. The van der Waals surface area contributed by atoms with Crippen LogP contribution < -0.4 is 5.32 Å². The average Bonchev–Trinajstić information content (AvgIpc) is 2.19. The highest BCUT2D eigenvalue weighted by atomic mass is 35.5. The highest BCUT2D eigenvalue weighted by Crippen LogP contribution is 2.22. The van der Waals surface area contributed by atoms with E-state index < -0.39 is 0 Å². The first-order chi connectivity index (χ1) is 6.36. The van der Waals surface area contributed by atoms with Gasteiger partial charge in [-0.15, -0.1) is 0 Å². The summed E-state index contributed by atoms with van der Waals surface area (Å²) in [5.74, 6) is 0. The van der Waals surface area contributed by atoms with E-state index in [1.807, 2.05) is 12.1 Å². The summed E-state index contributed by atoms with van der Waals surface area (Å²) in [7, 11) is 0. The van der Waals surface area contributed by atoms with E-state index in [4.69, 9.17) is 11.6 Å². The molecule has 1 saturated heterocycles. The molecule has 1 aliphatic rings. The maximum absolute atomic E-state index is 5.90. The molecule has 2 rings (SSSR count). The van der Waals surface area contributed by atoms with E-state index in [2.05, 4.69) is 10.3 Å². The molecule has 1 aromatic rings. The average molecular weight is 197 g/mol. The molecule has 0 saturated carbocycles. The zero-order valence-corrected chi connectivity index (χ0v) is 8.22. The molecule has 1 N–H and O–H groups in total. The number of aromatic nitrogens is 1. The molecule has 2 nitrogen and oxygen atoms in total. The number of hydrogen-bond acceptors (Lipinski definition) is 2. The van der Waals surface area contributed by atoms with Gasteiger partial charge in [-0.2, -0.15) is 0 Å². The molecule has 0 bridgehead atoms. The lowest BCUT2D eigenvalue weighted by Crippen LogP contribution is -2.27. The Kier molecular flexibility index (Phi) is 2.81. The first-order valence-corrected chi connectivity index (χ1v) is 5.09. The van der Waals surface area contributed by atoms with Gasteiger partial charge in [-0.1, -0.05) is 18.0 Å². The summed E-state index contributed by atoms with van der Waals surface area (Å²) in [5, 5.41) is 4.22. The second-order valence-corrected chi connectivity index (χ2v) is 3.84. The van der Waals surface area contributed by atoms with Crippen LogP contribution in [0.25, 0.3) is 0 Å². The monoisotopic (exact) mass is 196 g/mol. The Balaban J connectivity index is 2.14. The standard InChI is InChI=1S/C10H13ClN2/c11-8-4-6-13-10(7-8)9-3-1-2-5-12-9/h4,6-7,9,12H,1-3,5H2. The number of hydrogen-bond donors (Lipinski definition) is 1. The molecule has 3 heteroatoms. The summed E-state index contributed by atoms with van der Waals surface area (Å²) >= 11 is 5.90. The molecule has 0 aliphatic carbocycles. The second kappa shape index (κ2) is 4.07. The number of nitrogens with zero attached hydrogens (tertiary/aromatic N) is 1. The van der Waals surface area contributed by atoms with Gasteiger partial charge in [-0.3, -0.25) is 4.98 Å². The molecule has 0 aromatic carbocycles. The van der Waals surface area contributed by atoms with Crippen LogP contribution in [0.2, 0.25) is 5.02 Å². The summed E-state index contributed by atoms with van der Waals surface area (Å²) in [6, 6.07) is 4.17. The Morgan fingerprint density at radius 1 is 1.46 bits per heavy atom. The summed E-state index contributed by atoms with van der Waals surface area (Å²) < 4.78 is 0. The van der Waals surface area contributed by atoms with Crippen LogP contribution >= 0.6 is 11.6 Å². The molecule has 1 fully saturated rings. The van der Waals surface area contributed by atoms with Crippen molar-refractivity contribution in [2.45, 2.75) is 25.3 Å². The molecule has 1 atom stereocenters.